The first-order valence-electron chi connectivity index (χ1n) is 8.04. The Kier molecular flexibility index (Phi) is 20.0. The molecular weight excluding hydrogens is 287 g/mol. The van der Waals surface area contributed by atoms with Crippen LogP contribution in [0.25, 0.3) is 0 Å². The van der Waals surface area contributed by atoms with E-state index in [0.29, 0.717) is 19.3 Å². The third-order valence-corrected chi connectivity index (χ3v) is 3.12. The van der Waals surface area contributed by atoms with Crippen LogP contribution in [0.3, 0.4) is 0 Å². The van der Waals surface area contributed by atoms with E-state index in [1.807, 2.05) is 12.2 Å². The van der Waals surface area contributed by atoms with E-state index in [-0.39, 0.29) is 41.7 Å². The van der Waals surface area contributed by atoms with Gasteiger partial charge < -0.3 is 10.2 Å². The van der Waals surface area contributed by atoms with Gasteiger partial charge in [0, 0.05) is 6.42 Å². The van der Waals surface area contributed by atoms with E-state index >= 15 is 0 Å². The number of aliphatic carboxylic acids is 1. The molecule has 0 aliphatic heterocycles. The molecule has 0 atom stereocenters. The van der Waals surface area contributed by atoms with E-state index < -0.39 is 5.97 Å². The van der Waals surface area contributed by atoms with Gasteiger partial charge in [-0.25, -0.2) is 0 Å². The zero-order valence-electron chi connectivity index (χ0n) is 14.2. The van der Waals surface area contributed by atoms with Gasteiger partial charge >= 0.3 is 35.5 Å². The second-order valence-corrected chi connectivity index (χ2v) is 5.19. The van der Waals surface area contributed by atoms with Crippen LogP contribution in [0.5, 0.6) is 0 Å². The SMILES string of the molecule is CCCCC/C=C\C/C=C\C/C([O-])=C\CCCCC(=O)O.[Na+]. The van der Waals surface area contributed by atoms with Crippen molar-refractivity contribution in [3.05, 3.63) is 36.1 Å². The Labute approximate surface area is 157 Å². The Morgan fingerprint density at radius 2 is 1.68 bits per heavy atom. The molecule has 4 heteroatoms. The molecule has 0 amide bonds. The zero-order valence-corrected chi connectivity index (χ0v) is 16.2. The summed E-state index contributed by atoms with van der Waals surface area (Å²) in [5.74, 6) is -0.652. The average molecular weight is 316 g/mol. The number of hydrogen-bond acceptors (Lipinski definition) is 2. The van der Waals surface area contributed by atoms with Gasteiger partial charge in [-0.05, 0) is 44.9 Å². The Hall–Kier alpha value is -0.510. The molecule has 22 heavy (non-hydrogen) atoms. The van der Waals surface area contributed by atoms with E-state index in [9.17, 15) is 9.90 Å². The maximum absolute atomic E-state index is 11.5. The van der Waals surface area contributed by atoms with Crippen molar-refractivity contribution >= 4 is 5.97 Å². The summed E-state index contributed by atoms with van der Waals surface area (Å²) in [7, 11) is 0. The summed E-state index contributed by atoms with van der Waals surface area (Å²) in [4.78, 5) is 10.3. The molecule has 0 heterocycles. The summed E-state index contributed by atoms with van der Waals surface area (Å²) in [6.07, 6.45) is 18.5. The van der Waals surface area contributed by atoms with Gasteiger partial charge in [0.15, 0.2) is 0 Å². The fourth-order valence-corrected chi connectivity index (χ4v) is 1.87. The van der Waals surface area contributed by atoms with Gasteiger partial charge in [0.2, 0.25) is 0 Å². The minimum atomic E-state index is -0.771. The van der Waals surface area contributed by atoms with E-state index in [1.165, 1.54) is 19.3 Å². The standard InChI is InChI=1S/C18H30O3.Na/c1-2-3-4-5-6-7-8-9-11-14-17(19)15-12-10-13-16-18(20)21;/h6-7,9,11,15,19H,2-5,8,10,12-14,16H2,1H3,(H,20,21);/q;+1/p-1/b7-6-,11-9-,17-15+;. The molecule has 0 unspecified atom stereocenters. The smallest absolute Gasteiger partial charge is 0.875 e. The van der Waals surface area contributed by atoms with Crippen molar-refractivity contribution in [1.82, 2.24) is 0 Å². The van der Waals surface area contributed by atoms with Crippen LogP contribution in [-0.4, -0.2) is 11.1 Å². The second-order valence-electron chi connectivity index (χ2n) is 5.19. The summed E-state index contributed by atoms with van der Waals surface area (Å²) in [6.45, 7) is 2.20. The van der Waals surface area contributed by atoms with Crippen molar-refractivity contribution in [2.45, 2.75) is 71.1 Å². The topological polar surface area (TPSA) is 60.4 Å². The predicted molar refractivity (Wildman–Crippen MR) is 85.8 cm³/mol. The maximum atomic E-state index is 11.5. The fourth-order valence-electron chi connectivity index (χ4n) is 1.87. The van der Waals surface area contributed by atoms with E-state index in [2.05, 4.69) is 19.1 Å². The van der Waals surface area contributed by atoms with E-state index in [4.69, 9.17) is 5.11 Å². The molecular formula is C18H29NaO3. The third-order valence-electron chi connectivity index (χ3n) is 3.12. The molecule has 0 aromatic carbocycles. The molecule has 1 N–H and O–H groups in total. The molecule has 0 fully saturated rings. The van der Waals surface area contributed by atoms with E-state index in [0.717, 1.165) is 19.3 Å². The van der Waals surface area contributed by atoms with Gasteiger partial charge in [-0.2, -0.15) is 0 Å². The molecule has 0 saturated heterocycles. The van der Waals surface area contributed by atoms with Crippen LogP contribution in [0, 0.1) is 0 Å². The van der Waals surface area contributed by atoms with Crippen LogP contribution in [0.2, 0.25) is 0 Å². The van der Waals surface area contributed by atoms with Crippen LogP contribution >= 0.6 is 0 Å². The Morgan fingerprint density at radius 3 is 2.36 bits per heavy atom. The first-order valence-corrected chi connectivity index (χ1v) is 8.04. The number of allylic oxidation sites excluding steroid dienone is 5. The fraction of sp³-hybridized carbons (Fsp3) is 0.611. The minimum absolute atomic E-state index is 0. The molecule has 3 nitrogen and oxygen atoms in total. The van der Waals surface area contributed by atoms with Gasteiger partial charge in [0.1, 0.15) is 0 Å². The van der Waals surface area contributed by atoms with Crippen LogP contribution in [0.15, 0.2) is 36.1 Å². The van der Waals surface area contributed by atoms with Gasteiger partial charge in [-0.15, -0.1) is 5.76 Å². The summed E-state index contributed by atoms with van der Waals surface area (Å²) in [5, 5.41) is 20.0. The summed E-state index contributed by atoms with van der Waals surface area (Å²) < 4.78 is 0. The van der Waals surface area contributed by atoms with Crippen molar-refractivity contribution in [3.63, 3.8) is 0 Å². The van der Waals surface area contributed by atoms with Gasteiger partial charge in [0.25, 0.3) is 0 Å². The Morgan fingerprint density at radius 1 is 1.00 bits per heavy atom. The monoisotopic (exact) mass is 316 g/mol. The molecule has 0 aliphatic rings. The number of carboxylic acid groups (broad SMARTS) is 1. The zero-order chi connectivity index (χ0) is 15.8. The third kappa shape index (κ3) is 19.5. The van der Waals surface area contributed by atoms with Crippen LogP contribution in [0.1, 0.15) is 71.1 Å². The van der Waals surface area contributed by atoms with Crippen molar-refractivity contribution < 1.29 is 44.6 Å². The van der Waals surface area contributed by atoms with Crippen molar-refractivity contribution in [2.24, 2.45) is 0 Å². The molecule has 0 spiro atoms. The predicted octanol–water partition coefficient (Wildman–Crippen LogP) is 1.35. The molecule has 0 aromatic rings. The van der Waals surface area contributed by atoms with E-state index in [1.54, 1.807) is 6.08 Å². The number of unbranched alkanes of at least 4 members (excludes halogenated alkanes) is 5. The second kappa shape index (κ2) is 18.5. The molecule has 0 bridgehead atoms. The largest absolute Gasteiger partial charge is 1.00 e. The minimum Gasteiger partial charge on any atom is -0.875 e. The van der Waals surface area contributed by atoms with Crippen molar-refractivity contribution in [1.29, 1.82) is 0 Å². The number of carboxylic acids is 1. The maximum Gasteiger partial charge on any atom is 1.00 e. The number of hydrogen-bond donors (Lipinski definition) is 1. The number of rotatable bonds is 13. The van der Waals surface area contributed by atoms with Gasteiger partial charge in [-0.1, -0.05) is 50.1 Å². The quantitative estimate of drug-likeness (QED) is 0.241. The Balaban J connectivity index is 0. The summed E-state index contributed by atoms with van der Waals surface area (Å²) in [6, 6.07) is 0. The molecule has 0 aromatic heterocycles. The first kappa shape index (κ1) is 23.8. The van der Waals surface area contributed by atoms with Gasteiger partial charge in [-0.3, -0.25) is 4.79 Å². The average Bonchev–Trinajstić information content (AvgIpc) is 2.45. The first-order chi connectivity index (χ1) is 10.2. The van der Waals surface area contributed by atoms with Crippen LogP contribution in [0.4, 0.5) is 0 Å². The Bertz CT molecular complexity index is 346. The van der Waals surface area contributed by atoms with Crippen LogP contribution in [-0.2, 0) is 4.79 Å². The molecule has 120 valence electrons. The normalized spacial score (nSPS) is 12.0. The van der Waals surface area contributed by atoms with Gasteiger partial charge in [0.05, 0.1) is 0 Å². The molecule has 0 radical (unpaired) electrons. The number of carbonyl (C=O) groups is 1. The molecule has 0 saturated carbocycles. The molecule has 0 rings (SSSR count). The van der Waals surface area contributed by atoms with Crippen LogP contribution < -0.4 is 34.7 Å². The summed E-state index contributed by atoms with van der Waals surface area (Å²) in [5.41, 5.74) is 0. The van der Waals surface area contributed by atoms with Crippen molar-refractivity contribution in [2.75, 3.05) is 0 Å². The van der Waals surface area contributed by atoms with Crippen molar-refractivity contribution in [3.8, 4) is 0 Å². The molecule has 0 aliphatic carbocycles. The summed E-state index contributed by atoms with van der Waals surface area (Å²) >= 11 is 0.